The number of aromatic nitrogens is 2. The molecule has 0 bridgehead atoms. The maximum Gasteiger partial charge on any atom is 0.276 e. The van der Waals surface area contributed by atoms with E-state index in [-0.39, 0.29) is 11.6 Å². The van der Waals surface area contributed by atoms with Crippen LogP contribution in [0.5, 0.6) is 17.2 Å². The van der Waals surface area contributed by atoms with Crippen LogP contribution >= 0.6 is 0 Å². The average Bonchev–Trinajstić information content (AvgIpc) is 3.30. The summed E-state index contributed by atoms with van der Waals surface area (Å²) in [6, 6.07) is 24.2. The van der Waals surface area contributed by atoms with E-state index in [0.29, 0.717) is 17.2 Å². The van der Waals surface area contributed by atoms with Gasteiger partial charge in [0.05, 0.1) is 38.4 Å². The molecule has 7 nitrogen and oxygen atoms in total. The molecule has 1 N–H and O–H groups in total. The Kier molecular flexibility index (Phi) is 6.07. The van der Waals surface area contributed by atoms with Crippen LogP contribution in [0.25, 0.3) is 16.9 Å². The predicted octanol–water partition coefficient (Wildman–Crippen LogP) is 4.82. The largest absolute Gasteiger partial charge is 0.497 e. The molecule has 1 heterocycles. The molecule has 0 radical (unpaired) electrons. The van der Waals surface area contributed by atoms with E-state index in [0.717, 1.165) is 22.7 Å². The van der Waals surface area contributed by atoms with Crippen molar-refractivity contribution in [1.29, 1.82) is 0 Å². The van der Waals surface area contributed by atoms with Crippen LogP contribution in [0.1, 0.15) is 10.5 Å². The first-order chi connectivity index (χ1) is 15.6. The monoisotopic (exact) mass is 429 g/mol. The lowest BCUT2D eigenvalue weighted by molar-refractivity contribution is 0.102. The van der Waals surface area contributed by atoms with Crippen molar-refractivity contribution in [1.82, 2.24) is 9.78 Å². The number of hydrogen-bond acceptors (Lipinski definition) is 5. The normalized spacial score (nSPS) is 10.5. The Balaban J connectivity index is 1.71. The molecule has 0 fully saturated rings. The van der Waals surface area contributed by atoms with Gasteiger partial charge in [-0.1, -0.05) is 18.2 Å². The molecule has 0 saturated carbocycles. The zero-order valence-electron chi connectivity index (χ0n) is 18.0. The van der Waals surface area contributed by atoms with Gasteiger partial charge in [0.15, 0.2) is 5.69 Å². The number of ether oxygens (including phenoxy) is 3. The molecule has 4 rings (SSSR count). The minimum absolute atomic E-state index is 0.276. The molecule has 3 aromatic carbocycles. The fourth-order valence-electron chi connectivity index (χ4n) is 3.31. The van der Waals surface area contributed by atoms with Gasteiger partial charge in [-0.25, -0.2) is 4.68 Å². The lowest BCUT2D eigenvalue weighted by Crippen LogP contribution is -2.14. The fraction of sp³-hybridized carbons (Fsp3) is 0.120. The Morgan fingerprint density at radius 2 is 1.50 bits per heavy atom. The Morgan fingerprint density at radius 1 is 0.812 bits per heavy atom. The van der Waals surface area contributed by atoms with Crippen molar-refractivity contribution in [3.05, 3.63) is 84.6 Å². The lowest BCUT2D eigenvalue weighted by atomic mass is 10.1. The highest BCUT2D eigenvalue weighted by molar-refractivity contribution is 6.04. The summed E-state index contributed by atoms with van der Waals surface area (Å²) in [6.07, 6.45) is 0. The van der Waals surface area contributed by atoms with Gasteiger partial charge < -0.3 is 19.5 Å². The number of hydrogen-bond donors (Lipinski definition) is 1. The molecular formula is C25H23N3O4. The number of nitrogens with one attached hydrogen (secondary N) is 1. The standard InChI is InChI=1S/C25H23N3O4/c1-30-19-11-9-17(10-12-19)23-16-22(27-28(23)18-7-5-4-6-8-18)25(29)26-21-14-13-20(31-2)15-24(21)32-3/h4-16H,1-3H3,(H,26,29). The van der Waals surface area contributed by atoms with E-state index < -0.39 is 0 Å². The molecule has 1 amide bonds. The average molecular weight is 429 g/mol. The van der Waals surface area contributed by atoms with Gasteiger partial charge in [-0.3, -0.25) is 4.79 Å². The summed E-state index contributed by atoms with van der Waals surface area (Å²) in [7, 11) is 4.74. The van der Waals surface area contributed by atoms with E-state index in [2.05, 4.69) is 10.4 Å². The number of nitrogens with zero attached hydrogens (tertiary/aromatic N) is 2. The number of benzene rings is 3. The number of carbonyl (C=O) groups excluding carboxylic acids is 1. The molecule has 162 valence electrons. The van der Waals surface area contributed by atoms with Crippen LogP contribution in [0.15, 0.2) is 78.9 Å². The highest BCUT2D eigenvalue weighted by atomic mass is 16.5. The summed E-state index contributed by atoms with van der Waals surface area (Å²) in [5.41, 5.74) is 3.34. The third-order valence-corrected chi connectivity index (χ3v) is 4.99. The minimum atomic E-state index is -0.349. The number of rotatable bonds is 7. The Morgan fingerprint density at radius 3 is 2.16 bits per heavy atom. The van der Waals surface area contributed by atoms with E-state index in [4.69, 9.17) is 14.2 Å². The van der Waals surface area contributed by atoms with Crippen molar-refractivity contribution in [3.8, 4) is 34.2 Å². The van der Waals surface area contributed by atoms with Crippen LogP contribution in [0, 0.1) is 0 Å². The smallest absolute Gasteiger partial charge is 0.276 e. The zero-order valence-corrected chi connectivity index (χ0v) is 18.0. The van der Waals surface area contributed by atoms with Gasteiger partial charge in [0.1, 0.15) is 17.2 Å². The van der Waals surface area contributed by atoms with E-state index in [1.54, 1.807) is 43.2 Å². The van der Waals surface area contributed by atoms with Crippen LogP contribution in [0.2, 0.25) is 0 Å². The Hall–Kier alpha value is -4.26. The molecule has 0 aliphatic rings. The summed E-state index contributed by atoms with van der Waals surface area (Å²) < 4.78 is 17.6. The second-order valence-corrected chi connectivity index (χ2v) is 6.91. The van der Waals surface area contributed by atoms with Crippen molar-refractivity contribution in [3.63, 3.8) is 0 Å². The fourth-order valence-corrected chi connectivity index (χ4v) is 3.31. The first-order valence-corrected chi connectivity index (χ1v) is 9.96. The molecule has 4 aromatic rings. The summed E-state index contributed by atoms with van der Waals surface area (Å²) in [5.74, 6) is 1.53. The molecule has 1 aromatic heterocycles. The third-order valence-electron chi connectivity index (χ3n) is 4.99. The maximum absolute atomic E-state index is 13.1. The van der Waals surface area contributed by atoms with Gasteiger partial charge in [-0.05, 0) is 54.6 Å². The molecule has 0 unspecified atom stereocenters. The second kappa shape index (κ2) is 9.26. The van der Waals surface area contributed by atoms with Gasteiger partial charge in [-0.15, -0.1) is 0 Å². The van der Waals surface area contributed by atoms with Gasteiger partial charge in [0.2, 0.25) is 0 Å². The molecule has 0 spiro atoms. The number of para-hydroxylation sites is 1. The number of anilines is 1. The minimum Gasteiger partial charge on any atom is -0.497 e. The SMILES string of the molecule is COc1ccc(-c2cc(C(=O)Nc3ccc(OC)cc3OC)nn2-c2ccccc2)cc1. The van der Waals surface area contributed by atoms with Crippen LogP contribution in [-0.4, -0.2) is 37.0 Å². The highest BCUT2D eigenvalue weighted by Gasteiger charge is 2.18. The summed E-state index contributed by atoms with van der Waals surface area (Å²) in [6.45, 7) is 0. The predicted molar refractivity (Wildman–Crippen MR) is 123 cm³/mol. The Labute approximate surface area is 186 Å². The molecule has 0 aliphatic carbocycles. The molecule has 0 aliphatic heterocycles. The van der Waals surface area contributed by atoms with Gasteiger partial charge in [-0.2, -0.15) is 5.10 Å². The quantitative estimate of drug-likeness (QED) is 0.456. The molecule has 7 heteroatoms. The Bertz CT molecular complexity index is 1220. The van der Waals surface area contributed by atoms with Crippen molar-refractivity contribution in [2.45, 2.75) is 0 Å². The van der Waals surface area contributed by atoms with E-state index >= 15 is 0 Å². The third kappa shape index (κ3) is 4.27. The van der Waals surface area contributed by atoms with Gasteiger partial charge in [0, 0.05) is 11.6 Å². The topological polar surface area (TPSA) is 74.6 Å². The van der Waals surface area contributed by atoms with Crippen molar-refractivity contribution in [2.75, 3.05) is 26.6 Å². The summed E-state index contributed by atoms with van der Waals surface area (Å²) in [4.78, 5) is 13.1. The van der Waals surface area contributed by atoms with Crippen LogP contribution < -0.4 is 19.5 Å². The number of carbonyl (C=O) groups is 1. The number of amides is 1. The van der Waals surface area contributed by atoms with Crippen molar-refractivity contribution in [2.24, 2.45) is 0 Å². The maximum atomic E-state index is 13.1. The van der Waals surface area contributed by atoms with Gasteiger partial charge in [0.25, 0.3) is 5.91 Å². The molecule has 0 atom stereocenters. The first-order valence-electron chi connectivity index (χ1n) is 9.96. The van der Waals surface area contributed by atoms with Crippen molar-refractivity contribution < 1.29 is 19.0 Å². The van der Waals surface area contributed by atoms with Crippen LogP contribution in [-0.2, 0) is 0 Å². The van der Waals surface area contributed by atoms with Crippen LogP contribution in [0.4, 0.5) is 5.69 Å². The van der Waals surface area contributed by atoms with E-state index in [9.17, 15) is 4.79 Å². The van der Waals surface area contributed by atoms with E-state index in [1.807, 2.05) is 54.6 Å². The molecule has 32 heavy (non-hydrogen) atoms. The number of methoxy groups -OCH3 is 3. The van der Waals surface area contributed by atoms with Crippen molar-refractivity contribution >= 4 is 11.6 Å². The molecular weight excluding hydrogens is 406 g/mol. The van der Waals surface area contributed by atoms with Gasteiger partial charge >= 0.3 is 0 Å². The van der Waals surface area contributed by atoms with Crippen LogP contribution in [0.3, 0.4) is 0 Å². The van der Waals surface area contributed by atoms with E-state index in [1.165, 1.54) is 7.11 Å². The summed E-state index contributed by atoms with van der Waals surface area (Å²) >= 11 is 0. The zero-order chi connectivity index (χ0) is 22.5. The highest BCUT2D eigenvalue weighted by Crippen LogP contribution is 2.30. The molecule has 0 saturated heterocycles. The summed E-state index contributed by atoms with van der Waals surface area (Å²) in [5, 5.41) is 7.47. The first kappa shape index (κ1) is 21.0. The second-order valence-electron chi connectivity index (χ2n) is 6.91. The lowest BCUT2D eigenvalue weighted by Gasteiger charge is -2.10.